The SMILES string of the molecule is CN1N=C(c2ccc(-c3ccc(I)cc3F)cn2)NN1. The number of pyridine rings is 1. The molecule has 1 aliphatic heterocycles. The minimum atomic E-state index is -0.246. The monoisotopic (exact) mass is 383 g/mol. The van der Waals surface area contributed by atoms with Crippen molar-refractivity contribution in [1.29, 1.82) is 0 Å². The summed E-state index contributed by atoms with van der Waals surface area (Å²) in [5.41, 5.74) is 7.67. The summed E-state index contributed by atoms with van der Waals surface area (Å²) in [5.74, 6) is 0.381. The Hall–Kier alpha value is -1.74. The minimum absolute atomic E-state index is 0.246. The van der Waals surface area contributed by atoms with E-state index in [1.807, 2.05) is 12.1 Å². The van der Waals surface area contributed by atoms with E-state index < -0.39 is 0 Å². The van der Waals surface area contributed by atoms with Crippen LogP contribution >= 0.6 is 22.6 Å². The zero-order chi connectivity index (χ0) is 14.1. The van der Waals surface area contributed by atoms with E-state index >= 15 is 0 Å². The van der Waals surface area contributed by atoms with E-state index in [1.54, 1.807) is 30.5 Å². The van der Waals surface area contributed by atoms with Gasteiger partial charge in [-0.1, -0.05) is 12.1 Å². The number of halogens is 2. The molecule has 0 spiro atoms. The van der Waals surface area contributed by atoms with Gasteiger partial charge in [0.25, 0.3) is 0 Å². The number of benzene rings is 1. The molecule has 2 N–H and O–H groups in total. The Morgan fingerprint density at radius 3 is 2.70 bits per heavy atom. The van der Waals surface area contributed by atoms with Gasteiger partial charge in [0, 0.05) is 27.9 Å². The molecule has 0 saturated carbocycles. The molecule has 0 amide bonds. The van der Waals surface area contributed by atoms with Gasteiger partial charge in [-0.2, -0.15) is 0 Å². The molecular weight excluding hydrogens is 372 g/mol. The fourth-order valence-corrected chi connectivity index (χ4v) is 2.32. The Morgan fingerprint density at radius 2 is 2.10 bits per heavy atom. The van der Waals surface area contributed by atoms with Crippen LogP contribution < -0.4 is 11.0 Å². The molecule has 0 saturated heterocycles. The Kier molecular flexibility index (Phi) is 3.53. The van der Waals surface area contributed by atoms with Gasteiger partial charge in [0.2, 0.25) is 0 Å². The zero-order valence-electron chi connectivity index (χ0n) is 10.6. The lowest BCUT2D eigenvalue weighted by molar-refractivity contribution is 0.259. The van der Waals surface area contributed by atoms with Gasteiger partial charge in [0.1, 0.15) is 11.5 Å². The van der Waals surface area contributed by atoms with Crippen molar-refractivity contribution >= 4 is 28.4 Å². The summed E-state index contributed by atoms with van der Waals surface area (Å²) in [5, 5.41) is 5.73. The molecule has 3 rings (SSSR count). The van der Waals surface area contributed by atoms with Crippen LogP contribution in [0.15, 0.2) is 41.6 Å². The molecule has 0 aliphatic carbocycles. The normalized spacial score (nSPS) is 14.2. The van der Waals surface area contributed by atoms with Crippen molar-refractivity contribution < 1.29 is 4.39 Å². The van der Waals surface area contributed by atoms with E-state index in [-0.39, 0.29) is 5.82 Å². The average molecular weight is 383 g/mol. The lowest BCUT2D eigenvalue weighted by Crippen LogP contribution is -2.36. The molecule has 2 aromatic rings. The number of hydrogen-bond donors (Lipinski definition) is 2. The largest absolute Gasteiger partial charge is 0.283 e. The number of amidine groups is 1. The molecular formula is C13H11FIN5. The van der Waals surface area contributed by atoms with Crippen LogP contribution in [0.1, 0.15) is 5.69 Å². The van der Waals surface area contributed by atoms with Gasteiger partial charge in [-0.15, -0.1) is 10.6 Å². The van der Waals surface area contributed by atoms with Crippen molar-refractivity contribution in [3.05, 3.63) is 51.6 Å². The highest BCUT2D eigenvalue weighted by Gasteiger charge is 2.13. The van der Waals surface area contributed by atoms with Crippen LogP contribution in [-0.4, -0.2) is 23.0 Å². The molecule has 7 heteroatoms. The van der Waals surface area contributed by atoms with Gasteiger partial charge < -0.3 is 0 Å². The van der Waals surface area contributed by atoms with Crippen molar-refractivity contribution in [2.75, 3.05) is 7.05 Å². The Labute approximate surface area is 129 Å². The molecule has 0 bridgehead atoms. The highest BCUT2D eigenvalue weighted by Crippen LogP contribution is 2.23. The van der Waals surface area contributed by atoms with Gasteiger partial charge in [0.05, 0.1) is 0 Å². The Morgan fingerprint density at radius 1 is 1.25 bits per heavy atom. The van der Waals surface area contributed by atoms with Crippen LogP contribution in [0.4, 0.5) is 4.39 Å². The van der Waals surface area contributed by atoms with E-state index in [4.69, 9.17) is 0 Å². The van der Waals surface area contributed by atoms with Crippen LogP contribution in [0.5, 0.6) is 0 Å². The van der Waals surface area contributed by atoms with Crippen LogP contribution in [0.3, 0.4) is 0 Å². The van der Waals surface area contributed by atoms with Crippen LogP contribution in [-0.2, 0) is 0 Å². The van der Waals surface area contributed by atoms with E-state index in [0.29, 0.717) is 17.1 Å². The lowest BCUT2D eigenvalue weighted by Gasteiger charge is -2.05. The van der Waals surface area contributed by atoms with E-state index in [9.17, 15) is 4.39 Å². The van der Waals surface area contributed by atoms with Crippen molar-refractivity contribution in [2.24, 2.45) is 5.10 Å². The maximum Gasteiger partial charge on any atom is 0.189 e. The summed E-state index contributed by atoms with van der Waals surface area (Å²) < 4.78 is 14.8. The number of nitrogens with one attached hydrogen (secondary N) is 2. The number of hydrazone groups is 1. The number of nitrogens with zero attached hydrogens (tertiary/aromatic N) is 3. The van der Waals surface area contributed by atoms with Crippen molar-refractivity contribution in [3.8, 4) is 11.1 Å². The van der Waals surface area contributed by atoms with Crippen LogP contribution in [0, 0.1) is 9.39 Å². The van der Waals surface area contributed by atoms with Gasteiger partial charge in [-0.25, -0.2) is 9.51 Å². The van der Waals surface area contributed by atoms with Gasteiger partial charge in [-0.05, 0) is 40.8 Å². The Bertz CT molecular complexity index is 671. The first-order chi connectivity index (χ1) is 9.63. The summed E-state index contributed by atoms with van der Waals surface area (Å²) in [6, 6.07) is 8.77. The molecule has 0 atom stereocenters. The predicted octanol–water partition coefficient (Wildman–Crippen LogP) is 2.11. The summed E-state index contributed by atoms with van der Waals surface area (Å²) in [6.45, 7) is 0. The molecule has 1 aliphatic rings. The first-order valence-corrected chi connectivity index (χ1v) is 6.97. The summed E-state index contributed by atoms with van der Waals surface area (Å²) in [6.07, 6.45) is 1.64. The van der Waals surface area contributed by atoms with E-state index in [2.05, 4.69) is 43.6 Å². The highest BCUT2D eigenvalue weighted by molar-refractivity contribution is 14.1. The molecule has 0 fully saturated rings. The molecule has 1 aromatic heterocycles. The third kappa shape index (κ3) is 2.59. The van der Waals surface area contributed by atoms with Gasteiger partial charge in [-0.3, -0.25) is 10.4 Å². The van der Waals surface area contributed by atoms with Crippen molar-refractivity contribution in [3.63, 3.8) is 0 Å². The van der Waals surface area contributed by atoms with Crippen LogP contribution in [0.2, 0.25) is 0 Å². The molecule has 0 radical (unpaired) electrons. The fourth-order valence-electron chi connectivity index (χ4n) is 1.87. The third-order valence-electron chi connectivity index (χ3n) is 2.83. The maximum absolute atomic E-state index is 13.9. The molecule has 2 heterocycles. The second kappa shape index (κ2) is 5.33. The predicted molar refractivity (Wildman–Crippen MR) is 82.9 cm³/mol. The van der Waals surface area contributed by atoms with Crippen LogP contribution in [0.25, 0.3) is 11.1 Å². The lowest BCUT2D eigenvalue weighted by atomic mass is 10.1. The standard InChI is InChI=1S/C13H11FIN5/c1-20-18-13(17-19-20)12-5-2-8(7-16-12)10-4-3-9(15)6-11(10)14/h2-7,19H,1H3,(H,17,18). The molecule has 5 nitrogen and oxygen atoms in total. The first-order valence-electron chi connectivity index (χ1n) is 5.89. The smallest absolute Gasteiger partial charge is 0.189 e. The second-order valence-corrected chi connectivity index (χ2v) is 5.51. The van der Waals surface area contributed by atoms with E-state index in [0.717, 1.165) is 9.13 Å². The average Bonchev–Trinajstić information content (AvgIpc) is 2.86. The van der Waals surface area contributed by atoms with Gasteiger partial charge >= 0.3 is 0 Å². The fraction of sp³-hybridized carbons (Fsp3) is 0.0769. The minimum Gasteiger partial charge on any atom is -0.283 e. The van der Waals surface area contributed by atoms with Gasteiger partial charge in [0.15, 0.2) is 5.84 Å². The number of rotatable bonds is 2. The highest BCUT2D eigenvalue weighted by atomic mass is 127. The summed E-state index contributed by atoms with van der Waals surface area (Å²) in [4.78, 5) is 4.31. The third-order valence-corrected chi connectivity index (χ3v) is 3.51. The number of aromatic nitrogens is 1. The molecule has 102 valence electrons. The zero-order valence-corrected chi connectivity index (χ0v) is 12.7. The maximum atomic E-state index is 13.9. The van der Waals surface area contributed by atoms with E-state index in [1.165, 1.54) is 6.07 Å². The summed E-state index contributed by atoms with van der Waals surface area (Å²) in [7, 11) is 1.77. The second-order valence-electron chi connectivity index (χ2n) is 4.27. The van der Waals surface area contributed by atoms with Crippen molar-refractivity contribution in [2.45, 2.75) is 0 Å². The quantitative estimate of drug-likeness (QED) is 0.781. The first kappa shape index (κ1) is 13.3. The summed E-state index contributed by atoms with van der Waals surface area (Å²) >= 11 is 2.08. The Balaban J connectivity index is 1.91. The van der Waals surface area contributed by atoms with Crippen molar-refractivity contribution in [1.82, 2.24) is 21.1 Å². The molecule has 0 unspecified atom stereocenters. The number of hydrogen-bond acceptors (Lipinski definition) is 5. The molecule has 1 aromatic carbocycles. The molecule has 20 heavy (non-hydrogen) atoms. The number of hydrazine groups is 2. The topological polar surface area (TPSA) is 52.6 Å².